The number of aliphatic carboxylic acids is 1. The predicted molar refractivity (Wildman–Crippen MR) is 122 cm³/mol. The molecule has 1 unspecified atom stereocenters. The molecule has 3 rings (SSSR count). The summed E-state index contributed by atoms with van der Waals surface area (Å²) in [6.07, 6.45) is 5.87. The van der Waals surface area contributed by atoms with Gasteiger partial charge in [0.15, 0.2) is 5.37 Å². The maximum atomic E-state index is 13.2. The van der Waals surface area contributed by atoms with Crippen LogP contribution in [0.1, 0.15) is 36.0 Å². The van der Waals surface area contributed by atoms with Crippen molar-refractivity contribution in [1.82, 2.24) is 15.2 Å². The van der Waals surface area contributed by atoms with E-state index in [9.17, 15) is 19.5 Å². The zero-order chi connectivity index (χ0) is 22.4. The highest BCUT2D eigenvalue weighted by Gasteiger charge is 2.28. The number of rotatable bonds is 8. The summed E-state index contributed by atoms with van der Waals surface area (Å²) in [5.41, 5.74) is 2.66. The Morgan fingerprint density at radius 2 is 2.03 bits per heavy atom. The highest BCUT2D eigenvalue weighted by atomic mass is 32.2. The number of benzene rings is 1. The van der Waals surface area contributed by atoms with E-state index in [2.05, 4.69) is 10.3 Å². The Bertz CT molecular complexity index is 914. The molecule has 0 radical (unpaired) electrons. The number of anilines is 1. The van der Waals surface area contributed by atoms with Crippen molar-refractivity contribution in [3.63, 3.8) is 0 Å². The van der Waals surface area contributed by atoms with Crippen molar-refractivity contribution in [1.29, 1.82) is 0 Å². The van der Waals surface area contributed by atoms with Crippen LogP contribution in [-0.4, -0.2) is 58.9 Å². The van der Waals surface area contributed by atoms with Gasteiger partial charge >= 0.3 is 12.0 Å². The number of hydrogen-bond acceptors (Lipinski definition) is 6. The number of thioether (sulfide) groups is 1. The quantitative estimate of drug-likeness (QED) is 0.457. The fraction of sp³-hybridized carbons (Fsp3) is 0.429. The largest absolute Gasteiger partial charge is 0.479 e. The first-order valence-corrected chi connectivity index (χ1v) is 11.8. The van der Waals surface area contributed by atoms with E-state index in [-0.39, 0.29) is 5.91 Å². The molecule has 3 amide bonds. The SMILES string of the molecule is CN(C)C(=O)c1cccc(N(CC2CCCC2)C(=O)NC(Sc2cncs2)C(=O)O)c1. The van der Waals surface area contributed by atoms with Crippen molar-refractivity contribution in [3.8, 4) is 0 Å². The van der Waals surface area contributed by atoms with Crippen LogP contribution in [0.4, 0.5) is 10.5 Å². The number of amides is 3. The fourth-order valence-corrected chi connectivity index (χ4v) is 5.13. The molecule has 31 heavy (non-hydrogen) atoms. The summed E-state index contributed by atoms with van der Waals surface area (Å²) >= 11 is 2.35. The molecule has 1 aliphatic rings. The van der Waals surface area contributed by atoms with E-state index in [1.807, 2.05) is 0 Å². The van der Waals surface area contributed by atoms with E-state index >= 15 is 0 Å². The third-order valence-electron chi connectivity index (χ3n) is 5.09. The summed E-state index contributed by atoms with van der Waals surface area (Å²) in [4.78, 5) is 44.4. The van der Waals surface area contributed by atoms with Crippen LogP contribution in [-0.2, 0) is 4.79 Å². The molecule has 1 saturated carbocycles. The van der Waals surface area contributed by atoms with Gasteiger partial charge in [-0.3, -0.25) is 14.7 Å². The summed E-state index contributed by atoms with van der Waals surface area (Å²) in [5, 5.41) is 11.1. The molecular weight excluding hydrogens is 436 g/mol. The molecule has 10 heteroatoms. The van der Waals surface area contributed by atoms with Crippen molar-refractivity contribution in [2.45, 2.75) is 35.3 Å². The second-order valence-electron chi connectivity index (χ2n) is 7.62. The number of aromatic nitrogens is 1. The topological polar surface area (TPSA) is 103 Å². The van der Waals surface area contributed by atoms with Gasteiger partial charge < -0.3 is 15.3 Å². The molecule has 2 N–H and O–H groups in total. The Morgan fingerprint density at radius 1 is 1.29 bits per heavy atom. The minimum Gasteiger partial charge on any atom is -0.479 e. The molecule has 0 spiro atoms. The van der Waals surface area contributed by atoms with E-state index in [0.717, 1.165) is 37.4 Å². The van der Waals surface area contributed by atoms with E-state index < -0.39 is 17.4 Å². The third kappa shape index (κ3) is 6.20. The van der Waals surface area contributed by atoms with Crippen LogP contribution < -0.4 is 10.2 Å². The number of urea groups is 1. The van der Waals surface area contributed by atoms with Gasteiger partial charge in [-0.2, -0.15) is 0 Å². The predicted octanol–water partition coefficient (Wildman–Crippen LogP) is 3.75. The van der Waals surface area contributed by atoms with Gasteiger partial charge in [-0.15, -0.1) is 11.3 Å². The summed E-state index contributed by atoms with van der Waals surface area (Å²) in [5.74, 6) is -0.951. The molecule has 1 fully saturated rings. The van der Waals surface area contributed by atoms with Crippen LogP contribution in [0.25, 0.3) is 0 Å². The second-order valence-corrected chi connectivity index (χ2v) is 9.91. The number of carbonyl (C=O) groups is 3. The van der Waals surface area contributed by atoms with Gasteiger partial charge in [0.2, 0.25) is 0 Å². The van der Waals surface area contributed by atoms with Crippen LogP contribution in [0, 0.1) is 5.92 Å². The standard InChI is InChI=1S/C21H26N4O4S2/c1-24(2)19(26)15-8-5-9-16(10-15)25(12-14-6-3-4-7-14)21(29)23-18(20(27)28)31-17-11-22-13-30-17/h5,8-11,13-14,18H,3-4,6-7,12H2,1-2H3,(H,23,29)(H,27,28). The molecule has 1 atom stereocenters. The van der Waals surface area contributed by atoms with Crippen LogP contribution in [0.5, 0.6) is 0 Å². The second kappa shape index (κ2) is 10.6. The van der Waals surface area contributed by atoms with Gasteiger partial charge in [0.05, 0.1) is 15.9 Å². The number of thiazole rings is 1. The summed E-state index contributed by atoms with van der Waals surface area (Å²) < 4.78 is 0.702. The van der Waals surface area contributed by atoms with Crippen LogP contribution >= 0.6 is 23.1 Å². The van der Waals surface area contributed by atoms with Gasteiger partial charge in [-0.1, -0.05) is 30.7 Å². The normalized spacial score (nSPS) is 14.8. The lowest BCUT2D eigenvalue weighted by Crippen LogP contribution is -2.48. The first-order chi connectivity index (χ1) is 14.8. The number of carboxylic acids is 1. The molecule has 1 aromatic carbocycles. The Balaban J connectivity index is 1.83. The number of hydrogen-bond donors (Lipinski definition) is 2. The number of nitrogens with one attached hydrogen (secondary N) is 1. The van der Waals surface area contributed by atoms with Crippen LogP contribution in [0.2, 0.25) is 0 Å². The molecule has 0 bridgehead atoms. The van der Waals surface area contributed by atoms with Crippen molar-refractivity contribution in [2.75, 3.05) is 25.5 Å². The zero-order valence-electron chi connectivity index (χ0n) is 17.5. The van der Waals surface area contributed by atoms with Crippen LogP contribution in [0.3, 0.4) is 0 Å². The van der Waals surface area contributed by atoms with Gasteiger partial charge in [0.1, 0.15) is 0 Å². The van der Waals surface area contributed by atoms with Gasteiger partial charge in [0.25, 0.3) is 5.91 Å². The number of carboxylic acid groups (broad SMARTS) is 1. The zero-order valence-corrected chi connectivity index (χ0v) is 19.1. The highest BCUT2D eigenvalue weighted by molar-refractivity contribution is 8.02. The maximum Gasteiger partial charge on any atom is 0.337 e. The molecule has 166 valence electrons. The Hall–Kier alpha value is -2.59. The average Bonchev–Trinajstić information content (AvgIpc) is 3.45. The van der Waals surface area contributed by atoms with Gasteiger partial charge in [-0.05, 0) is 37.0 Å². The number of carbonyl (C=O) groups excluding carboxylic acids is 2. The molecule has 1 aromatic heterocycles. The summed E-state index contributed by atoms with van der Waals surface area (Å²) in [6.45, 7) is 0.475. The lowest BCUT2D eigenvalue weighted by Gasteiger charge is -2.28. The molecule has 0 saturated heterocycles. The smallest absolute Gasteiger partial charge is 0.337 e. The monoisotopic (exact) mass is 462 g/mol. The fourth-order valence-electron chi connectivity index (χ4n) is 3.53. The van der Waals surface area contributed by atoms with Gasteiger partial charge in [0, 0.05) is 31.9 Å². The minimum absolute atomic E-state index is 0.160. The molecule has 1 aliphatic carbocycles. The first kappa shape index (κ1) is 23.1. The van der Waals surface area contributed by atoms with E-state index in [4.69, 9.17) is 0 Å². The van der Waals surface area contributed by atoms with E-state index in [0.29, 0.717) is 27.9 Å². The van der Waals surface area contributed by atoms with E-state index in [1.54, 1.807) is 55.0 Å². The van der Waals surface area contributed by atoms with Crippen molar-refractivity contribution >= 4 is 46.7 Å². The van der Waals surface area contributed by atoms with Crippen molar-refractivity contribution in [2.24, 2.45) is 5.92 Å². The Morgan fingerprint density at radius 3 is 2.65 bits per heavy atom. The minimum atomic E-state index is -1.15. The summed E-state index contributed by atoms with van der Waals surface area (Å²) in [6, 6.07) is 6.40. The number of nitrogens with zero attached hydrogens (tertiary/aromatic N) is 3. The van der Waals surface area contributed by atoms with Crippen LogP contribution in [0.15, 0.2) is 40.2 Å². The average molecular weight is 463 g/mol. The van der Waals surface area contributed by atoms with Gasteiger partial charge in [-0.25, -0.2) is 9.59 Å². The van der Waals surface area contributed by atoms with Crippen molar-refractivity contribution in [3.05, 3.63) is 41.5 Å². The Labute approximate surface area is 189 Å². The first-order valence-electron chi connectivity index (χ1n) is 10.0. The van der Waals surface area contributed by atoms with Crippen molar-refractivity contribution < 1.29 is 19.5 Å². The molecule has 8 nitrogen and oxygen atoms in total. The highest BCUT2D eigenvalue weighted by Crippen LogP contribution is 2.29. The summed E-state index contributed by atoms with van der Waals surface area (Å²) in [7, 11) is 3.35. The third-order valence-corrected chi connectivity index (χ3v) is 7.13. The Kier molecular flexibility index (Phi) is 7.91. The lowest BCUT2D eigenvalue weighted by molar-refractivity contribution is -0.136. The molecule has 0 aliphatic heterocycles. The molecule has 1 heterocycles. The molecule has 2 aromatic rings. The van der Waals surface area contributed by atoms with E-state index in [1.165, 1.54) is 16.2 Å². The maximum absolute atomic E-state index is 13.2. The lowest BCUT2D eigenvalue weighted by atomic mass is 10.1. The molecular formula is C21H26N4O4S2.